The Morgan fingerprint density at radius 2 is 0.778 bits per heavy atom. The Kier molecular flexibility index (Phi) is 9.85. The largest absolute Gasteiger partial charge is 0.454 e. The topological polar surface area (TPSA) is 32.8 Å². The van der Waals surface area contributed by atoms with Crippen LogP contribution in [0.5, 0.6) is 0 Å². The Balaban J connectivity index is 0.930. The minimum atomic E-state index is -0.658. The van der Waals surface area contributed by atoms with Crippen LogP contribution in [0.4, 0.5) is 34.1 Å². The van der Waals surface area contributed by atoms with E-state index in [9.17, 15) is 0 Å². The monoisotopic (exact) mass is 1040 g/mol. The highest BCUT2D eigenvalue weighted by Crippen LogP contribution is 2.67. The van der Waals surface area contributed by atoms with Crippen LogP contribution in [0.25, 0.3) is 98.4 Å². The van der Waals surface area contributed by atoms with Gasteiger partial charge in [0.25, 0.3) is 0 Å². The molecule has 0 radical (unpaired) electrons. The van der Waals surface area contributed by atoms with Gasteiger partial charge in [0.1, 0.15) is 11.2 Å². The van der Waals surface area contributed by atoms with Gasteiger partial charge in [-0.25, -0.2) is 0 Å². The van der Waals surface area contributed by atoms with Crippen molar-refractivity contribution in [1.82, 2.24) is 0 Å². The smallest absolute Gasteiger partial charge is 0.159 e. The van der Waals surface area contributed by atoms with Gasteiger partial charge in [-0.1, -0.05) is 208 Å². The Hall–Kier alpha value is -10.2. The van der Waals surface area contributed by atoms with Gasteiger partial charge in [0.2, 0.25) is 0 Å². The molecule has 0 saturated carbocycles. The van der Waals surface area contributed by atoms with Gasteiger partial charge in [0, 0.05) is 44.3 Å². The first kappa shape index (κ1) is 45.8. The third kappa shape index (κ3) is 6.30. The molecule has 17 rings (SSSR count). The summed E-state index contributed by atoms with van der Waals surface area (Å²) in [5.74, 6) is 0. The predicted octanol–water partition coefficient (Wildman–Crippen LogP) is 21.4. The molecule has 4 heteroatoms. The molecule has 4 nitrogen and oxygen atoms in total. The first-order valence-corrected chi connectivity index (χ1v) is 28.4. The molecule has 382 valence electrons. The summed E-state index contributed by atoms with van der Waals surface area (Å²) in [6.45, 7) is 4.40. The second-order valence-electron chi connectivity index (χ2n) is 21.9. The van der Waals surface area contributed by atoms with Crippen molar-refractivity contribution in [2.24, 2.45) is 0 Å². The Bertz CT molecular complexity index is 5060. The maximum atomic E-state index is 7.00. The van der Waals surface area contributed by atoms with Crippen molar-refractivity contribution in [2.75, 3.05) is 9.80 Å². The average molecular weight is 1040 g/mol. The molecule has 2 aliphatic carbocycles. The number of nitrogens with zero attached hydrogens (tertiary/aromatic N) is 2. The lowest BCUT2D eigenvalue weighted by Gasteiger charge is -2.33. The number of para-hydroxylation sites is 6. The molecule has 15 aromatic rings. The minimum absolute atomic E-state index is 0.658. The van der Waals surface area contributed by atoms with E-state index in [0.717, 1.165) is 90.8 Å². The first-order chi connectivity index (χ1) is 40.1. The van der Waals surface area contributed by atoms with E-state index in [-0.39, 0.29) is 0 Å². The van der Waals surface area contributed by atoms with Gasteiger partial charge in [-0.2, -0.15) is 0 Å². The summed E-state index contributed by atoms with van der Waals surface area (Å²) < 4.78 is 14.0. The van der Waals surface area contributed by atoms with E-state index in [1.807, 2.05) is 0 Å². The molecule has 0 bridgehead atoms. The van der Waals surface area contributed by atoms with Gasteiger partial charge in [-0.3, -0.25) is 0 Å². The highest BCUT2D eigenvalue weighted by Gasteiger charge is 2.54. The van der Waals surface area contributed by atoms with Crippen LogP contribution < -0.4 is 9.80 Å². The zero-order valence-corrected chi connectivity index (χ0v) is 44.9. The van der Waals surface area contributed by atoms with Crippen molar-refractivity contribution in [3.8, 4) is 22.3 Å². The number of hydrogen-bond donors (Lipinski definition) is 0. The molecule has 0 fully saturated rings. The highest BCUT2D eigenvalue weighted by atomic mass is 16.3. The Morgan fingerprint density at radius 3 is 1.35 bits per heavy atom. The van der Waals surface area contributed by atoms with E-state index in [1.165, 1.54) is 88.0 Å². The second kappa shape index (κ2) is 17.4. The van der Waals surface area contributed by atoms with Gasteiger partial charge in [-0.05, 0) is 161 Å². The lowest BCUT2D eigenvalue weighted by Crippen LogP contribution is -2.26. The van der Waals surface area contributed by atoms with Crippen LogP contribution in [0.1, 0.15) is 47.2 Å². The lowest BCUT2D eigenvalue weighted by molar-refractivity contribution is 0.663. The van der Waals surface area contributed by atoms with E-state index in [1.54, 1.807) is 0 Å². The molecule has 0 aliphatic heterocycles. The molecule has 2 heterocycles. The van der Waals surface area contributed by atoms with Crippen molar-refractivity contribution in [3.63, 3.8) is 0 Å². The number of aryl methyl sites for hydroxylation is 2. The fourth-order valence-corrected chi connectivity index (χ4v) is 14.6. The standard InChI is InChI=1S/C77H52N2O2/c1-3-47-21-17-31-60-62-33-19-37-68(75(62)80-73(47)60)78(50-23-7-5-8-24-50)52-40-43-54-49(45-52)39-42-64-70-58-30-12-11-27-55(58)65-46-53(41-44-59(65)72(70)77(71(54)64)66-35-15-13-28-56(66)57-29-14-16-36-67(57)77)79(51-25-9-6-10-26-51)69-38-20-34-63-61-32-18-22-48(4-2)74(61)81-76(63)69/h5-46H,3-4H2,1-2H3. The summed E-state index contributed by atoms with van der Waals surface area (Å²) in [7, 11) is 0. The van der Waals surface area contributed by atoms with Crippen molar-refractivity contribution >= 4 is 110 Å². The van der Waals surface area contributed by atoms with Crippen molar-refractivity contribution in [3.05, 3.63) is 288 Å². The van der Waals surface area contributed by atoms with Gasteiger partial charge in [0.05, 0.1) is 16.8 Å². The van der Waals surface area contributed by atoms with Crippen LogP contribution in [-0.4, -0.2) is 0 Å². The SMILES string of the molecule is CCc1cccc2c1oc1c(N(c3ccccc3)c3ccc4c5c(ccc4c3)-c3c(c4ccc(N(c6ccccc6)c6cccc7c6oc6c(CC)cccc67)cc4c4ccccc34)C53c4ccccc4-c4ccccc43)cccc12. The summed E-state index contributed by atoms with van der Waals surface area (Å²) in [4.78, 5) is 4.77. The normalized spacial score (nSPS) is 13.0. The fraction of sp³-hybridized carbons (Fsp3) is 0.0649. The predicted molar refractivity (Wildman–Crippen MR) is 338 cm³/mol. The van der Waals surface area contributed by atoms with Gasteiger partial charge < -0.3 is 18.6 Å². The van der Waals surface area contributed by atoms with Crippen LogP contribution in [0, 0.1) is 0 Å². The minimum Gasteiger partial charge on any atom is -0.454 e. The number of anilines is 6. The maximum Gasteiger partial charge on any atom is 0.159 e. The Morgan fingerprint density at radius 1 is 0.309 bits per heavy atom. The first-order valence-electron chi connectivity index (χ1n) is 28.4. The highest BCUT2D eigenvalue weighted by molar-refractivity contribution is 6.23. The molecule has 1 spiro atoms. The molecule has 2 aliphatic rings. The van der Waals surface area contributed by atoms with E-state index in [0.29, 0.717) is 0 Å². The van der Waals surface area contributed by atoms with Crippen LogP contribution in [0.15, 0.2) is 264 Å². The molecular weight excluding hydrogens is 985 g/mol. The summed E-state index contributed by atoms with van der Waals surface area (Å²) in [6, 6.07) is 94.4. The van der Waals surface area contributed by atoms with E-state index in [2.05, 4.69) is 278 Å². The summed E-state index contributed by atoms with van der Waals surface area (Å²) in [5, 5.41) is 11.8. The molecule has 81 heavy (non-hydrogen) atoms. The van der Waals surface area contributed by atoms with Crippen molar-refractivity contribution in [2.45, 2.75) is 32.1 Å². The third-order valence-corrected chi connectivity index (χ3v) is 17.9. The van der Waals surface area contributed by atoms with E-state index < -0.39 is 5.41 Å². The van der Waals surface area contributed by atoms with E-state index in [4.69, 9.17) is 8.83 Å². The zero-order chi connectivity index (χ0) is 53.5. The molecule has 0 N–H and O–H groups in total. The maximum absolute atomic E-state index is 7.00. The zero-order valence-electron chi connectivity index (χ0n) is 44.9. The molecule has 0 amide bonds. The molecule has 13 aromatic carbocycles. The number of benzene rings is 13. The quantitative estimate of drug-likeness (QED) is 0.142. The van der Waals surface area contributed by atoms with E-state index >= 15 is 0 Å². The van der Waals surface area contributed by atoms with Crippen LogP contribution in [0.2, 0.25) is 0 Å². The molecule has 0 atom stereocenters. The number of rotatable bonds is 8. The molecule has 0 saturated heterocycles. The van der Waals surface area contributed by atoms with Gasteiger partial charge in [-0.15, -0.1) is 0 Å². The number of hydrogen-bond acceptors (Lipinski definition) is 4. The summed E-state index contributed by atoms with van der Waals surface area (Å²) >= 11 is 0. The van der Waals surface area contributed by atoms with Crippen molar-refractivity contribution < 1.29 is 8.83 Å². The van der Waals surface area contributed by atoms with Crippen LogP contribution in [0.3, 0.4) is 0 Å². The molecule has 0 unspecified atom stereocenters. The second-order valence-corrected chi connectivity index (χ2v) is 21.9. The third-order valence-electron chi connectivity index (χ3n) is 17.9. The van der Waals surface area contributed by atoms with Crippen LogP contribution >= 0.6 is 0 Å². The van der Waals surface area contributed by atoms with Gasteiger partial charge >= 0.3 is 0 Å². The molecule has 2 aromatic heterocycles. The average Bonchev–Trinajstić information content (AvgIpc) is 4.44. The summed E-state index contributed by atoms with van der Waals surface area (Å²) in [6.07, 6.45) is 1.79. The van der Waals surface area contributed by atoms with Crippen LogP contribution in [-0.2, 0) is 18.3 Å². The Labute approximate surface area is 469 Å². The lowest BCUT2D eigenvalue weighted by atomic mass is 9.68. The fourth-order valence-electron chi connectivity index (χ4n) is 14.6. The number of furan rings is 2. The summed E-state index contributed by atoms with van der Waals surface area (Å²) in [5.41, 5.74) is 22.1. The van der Waals surface area contributed by atoms with Gasteiger partial charge in [0.15, 0.2) is 11.2 Å². The molecular formula is C77H52N2O2. The number of fused-ring (bicyclic) bond motifs is 23. The van der Waals surface area contributed by atoms with Crippen molar-refractivity contribution in [1.29, 1.82) is 0 Å².